The maximum Gasteiger partial charge on any atom is 0.306 e. The molecule has 1 atom stereocenters. The van der Waals surface area contributed by atoms with Crippen LogP contribution in [0.15, 0.2) is 30.3 Å². The summed E-state index contributed by atoms with van der Waals surface area (Å²) in [5.74, 6) is -0.381. The van der Waals surface area contributed by atoms with Crippen LogP contribution in [0.4, 0.5) is 0 Å². The summed E-state index contributed by atoms with van der Waals surface area (Å²) < 4.78 is 10.5. The monoisotopic (exact) mass is 320 g/mol. The van der Waals surface area contributed by atoms with E-state index < -0.39 is 0 Å². The van der Waals surface area contributed by atoms with Crippen molar-refractivity contribution in [3.8, 4) is 0 Å². The summed E-state index contributed by atoms with van der Waals surface area (Å²) in [7, 11) is 0. The molecule has 128 valence electrons. The second kappa shape index (κ2) is 10.8. The van der Waals surface area contributed by atoms with Crippen LogP contribution < -0.4 is 0 Å². The van der Waals surface area contributed by atoms with Crippen molar-refractivity contribution in [3.63, 3.8) is 0 Å². The fourth-order valence-electron chi connectivity index (χ4n) is 2.30. The maximum atomic E-state index is 11.7. The van der Waals surface area contributed by atoms with Gasteiger partial charge in [0.2, 0.25) is 0 Å². The van der Waals surface area contributed by atoms with Crippen molar-refractivity contribution < 1.29 is 19.1 Å². The number of esters is 2. The highest BCUT2D eigenvalue weighted by Gasteiger charge is 2.17. The third kappa shape index (κ3) is 8.38. The predicted molar refractivity (Wildman–Crippen MR) is 90.0 cm³/mol. The minimum atomic E-state index is -0.340. The molecule has 1 rings (SSSR count). The first-order valence-electron chi connectivity index (χ1n) is 8.42. The minimum absolute atomic E-state index is 0.0793. The van der Waals surface area contributed by atoms with Crippen molar-refractivity contribution in [3.05, 3.63) is 35.9 Å². The summed E-state index contributed by atoms with van der Waals surface area (Å²) in [4.78, 5) is 23.3. The maximum absolute atomic E-state index is 11.7. The fourth-order valence-corrected chi connectivity index (χ4v) is 2.30. The number of hydrogen-bond donors (Lipinski definition) is 0. The lowest BCUT2D eigenvalue weighted by atomic mass is 10.1. The summed E-state index contributed by atoms with van der Waals surface area (Å²) in [6.07, 6.45) is 2.53. The molecule has 0 saturated carbocycles. The highest BCUT2D eigenvalue weighted by Crippen LogP contribution is 2.12. The lowest BCUT2D eigenvalue weighted by Gasteiger charge is -2.19. The quantitative estimate of drug-likeness (QED) is 0.484. The second-order valence-electron chi connectivity index (χ2n) is 5.99. The van der Waals surface area contributed by atoms with Crippen LogP contribution >= 0.6 is 0 Å². The molecule has 0 amide bonds. The van der Waals surface area contributed by atoms with Crippen LogP contribution in [0.5, 0.6) is 0 Å². The van der Waals surface area contributed by atoms with E-state index >= 15 is 0 Å². The summed E-state index contributed by atoms with van der Waals surface area (Å²) in [5, 5.41) is 0. The molecule has 0 aliphatic heterocycles. The molecule has 1 aromatic rings. The van der Waals surface area contributed by atoms with E-state index in [1.54, 1.807) is 0 Å². The van der Waals surface area contributed by atoms with Gasteiger partial charge in [0.1, 0.15) is 6.10 Å². The minimum Gasteiger partial charge on any atom is -0.466 e. The van der Waals surface area contributed by atoms with Gasteiger partial charge in [-0.25, -0.2) is 0 Å². The molecular weight excluding hydrogens is 292 g/mol. The predicted octanol–water partition coefficient (Wildman–Crippen LogP) is 3.92. The van der Waals surface area contributed by atoms with Gasteiger partial charge in [-0.2, -0.15) is 0 Å². The molecule has 4 heteroatoms. The molecule has 4 nitrogen and oxygen atoms in total. The van der Waals surface area contributed by atoms with Gasteiger partial charge in [0.25, 0.3) is 0 Å². The van der Waals surface area contributed by atoms with Crippen molar-refractivity contribution in [2.75, 3.05) is 6.61 Å². The number of ether oxygens (including phenoxy) is 2. The van der Waals surface area contributed by atoms with Gasteiger partial charge in [-0.05, 0) is 30.7 Å². The number of hydrogen-bond acceptors (Lipinski definition) is 4. The Morgan fingerprint density at radius 1 is 1.04 bits per heavy atom. The van der Waals surface area contributed by atoms with Gasteiger partial charge in [-0.15, -0.1) is 0 Å². The summed E-state index contributed by atoms with van der Waals surface area (Å²) >= 11 is 0. The first kappa shape index (κ1) is 19.2. The van der Waals surface area contributed by atoms with Crippen LogP contribution in [-0.4, -0.2) is 24.6 Å². The van der Waals surface area contributed by atoms with Crippen LogP contribution in [0.3, 0.4) is 0 Å². The Kier molecular flexibility index (Phi) is 9.03. The van der Waals surface area contributed by atoms with E-state index in [1.807, 2.05) is 39.0 Å². The molecule has 23 heavy (non-hydrogen) atoms. The Balaban J connectivity index is 2.13. The zero-order valence-corrected chi connectivity index (χ0v) is 14.4. The molecule has 0 aliphatic rings. The lowest BCUT2D eigenvalue weighted by Crippen LogP contribution is -2.23. The zero-order chi connectivity index (χ0) is 17.1. The highest BCUT2D eigenvalue weighted by molar-refractivity contribution is 5.77. The number of rotatable bonds is 10. The normalized spacial score (nSPS) is 12.0. The van der Waals surface area contributed by atoms with Crippen molar-refractivity contribution in [2.24, 2.45) is 5.92 Å². The van der Waals surface area contributed by atoms with Gasteiger partial charge in [0.05, 0.1) is 19.4 Å². The van der Waals surface area contributed by atoms with Gasteiger partial charge in [0, 0.05) is 0 Å². The molecule has 0 bridgehead atoms. The third-order valence-electron chi connectivity index (χ3n) is 3.68. The summed E-state index contributed by atoms with van der Waals surface area (Å²) in [6.45, 7) is 6.40. The van der Waals surface area contributed by atoms with E-state index in [2.05, 4.69) is 12.1 Å². The topological polar surface area (TPSA) is 52.6 Å². The second-order valence-corrected chi connectivity index (χ2v) is 5.99. The molecule has 0 N–H and O–H groups in total. The lowest BCUT2D eigenvalue weighted by molar-refractivity contribution is -0.155. The van der Waals surface area contributed by atoms with E-state index in [9.17, 15) is 9.59 Å². The fraction of sp³-hybridized carbons (Fsp3) is 0.579. The molecule has 0 aromatic heterocycles. The molecule has 0 aliphatic carbocycles. The summed E-state index contributed by atoms with van der Waals surface area (Å²) in [5.41, 5.74) is 1.23. The largest absolute Gasteiger partial charge is 0.466 e. The Labute approximate surface area is 139 Å². The Hall–Kier alpha value is -1.84. The Bertz CT molecular complexity index is 468. The first-order valence-corrected chi connectivity index (χ1v) is 8.42. The number of carbonyl (C=O) groups is 2. The number of benzene rings is 1. The molecular formula is C19H28O4. The van der Waals surface area contributed by atoms with Gasteiger partial charge in [-0.1, -0.05) is 51.1 Å². The van der Waals surface area contributed by atoms with E-state index in [1.165, 1.54) is 5.56 Å². The number of aryl methyl sites for hydroxylation is 1. The average Bonchev–Trinajstić information content (AvgIpc) is 2.55. The molecule has 0 fully saturated rings. The molecule has 0 radical (unpaired) electrons. The molecule has 1 unspecified atom stereocenters. The molecule has 0 spiro atoms. The first-order chi connectivity index (χ1) is 11.0. The van der Waals surface area contributed by atoms with Crippen molar-refractivity contribution >= 4 is 11.9 Å². The van der Waals surface area contributed by atoms with Crippen LogP contribution in [0, 0.1) is 5.92 Å². The van der Waals surface area contributed by atoms with E-state index in [0.717, 1.165) is 19.3 Å². The van der Waals surface area contributed by atoms with E-state index in [4.69, 9.17) is 9.47 Å². The average molecular weight is 320 g/mol. The standard InChI is InChI=1S/C19H28O4/c1-4-17(15(2)3)23-19(21)13-12-18(20)22-14-8-11-16-9-6-5-7-10-16/h5-7,9-10,15,17H,4,8,11-14H2,1-3H3. The number of carbonyl (C=O) groups excluding carboxylic acids is 2. The highest BCUT2D eigenvalue weighted by atomic mass is 16.5. The van der Waals surface area contributed by atoms with Gasteiger partial charge in [0.15, 0.2) is 0 Å². The molecule has 0 heterocycles. The molecule has 0 saturated heterocycles. The third-order valence-corrected chi connectivity index (χ3v) is 3.68. The van der Waals surface area contributed by atoms with E-state index in [0.29, 0.717) is 6.61 Å². The van der Waals surface area contributed by atoms with Crippen LogP contribution in [0.1, 0.15) is 52.0 Å². The van der Waals surface area contributed by atoms with E-state index in [-0.39, 0.29) is 36.8 Å². The van der Waals surface area contributed by atoms with Crippen LogP contribution in [0.25, 0.3) is 0 Å². The molecule has 1 aromatic carbocycles. The smallest absolute Gasteiger partial charge is 0.306 e. The van der Waals surface area contributed by atoms with Gasteiger partial charge >= 0.3 is 11.9 Å². The zero-order valence-electron chi connectivity index (χ0n) is 14.4. The SMILES string of the molecule is CCC(OC(=O)CCC(=O)OCCCc1ccccc1)C(C)C. The van der Waals surface area contributed by atoms with Crippen molar-refractivity contribution in [2.45, 2.75) is 59.0 Å². The van der Waals surface area contributed by atoms with Crippen LogP contribution in [0.2, 0.25) is 0 Å². The van der Waals surface area contributed by atoms with Gasteiger partial charge in [-0.3, -0.25) is 9.59 Å². The van der Waals surface area contributed by atoms with Crippen molar-refractivity contribution in [1.82, 2.24) is 0 Å². The van der Waals surface area contributed by atoms with Crippen LogP contribution in [-0.2, 0) is 25.5 Å². The van der Waals surface area contributed by atoms with Gasteiger partial charge < -0.3 is 9.47 Å². The Morgan fingerprint density at radius 3 is 2.30 bits per heavy atom. The summed E-state index contributed by atoms with van der Waals surface area (Å²) in [6, 6.07) is 10.1. The Morgan fingerprint density at radius 2 is 1.70 bits per heavy atom. The van der Waals surface area contributed by atoms with Crippen molar-refractivity contribution in [1.29, 1.82) is 0 Å².